The van der Waals surface area contributed by atoms with Gasteiger partial charge in [-0.1, -0.05) is 12.1 Å². The van der Waals surface area contributed by atoms with Gasteiger partial charge in [0.05, 0.1) is 11.7 Å². The third-order valence-corrected chi connectivity index (χ3v) is 4.19. The number of hydrogen-bond donors (Lipinski definition) is 1. The van der Waals surface area contributed by atoms with Crippen LogP contribution in [-0.4, -0.2) is 15.7 Å². The topological polar surface area (TPSA) is 64.0 Å². The molecule has 0 bridgehead atoms. The van der Waals surface area contributed by atoms with Gasteiger partial charge in [0.1, 0.15) is 6.54 Å². The number of aromatic nitrogens is 2. The molecule has 0 fully saturated rings. The Morgan fingerprint density at radius 2 is 2.04 bits per heavy atom. The van der Waals surface area contributed by atoms with Crippen molar-refractivity contribution >= 4 is 45.1 Å². The van der Waals surface area contributed by atoms with Crippen molar-refractivity contribution in [3.8, 4) is 0 Å². The van der Waals surface area contributed by atoms with E-state index in [1.165, 1.54) is 10.9 Å². The van der Waals surface area contributed by atoms with Crippen molar-refractivity contribution in [3.05, 3.63) is 68.0 Å². The molecule has 2 aromatic carbocycles. The first-order valence-electron chi connectivity index (χ1n) is 7.05. The number of carbonyl (C=O) groups is 1. The second-order valence-electron chi connectivity index (χ2n) is 5.19. The summed E-state index contributed by atoms with van der Waals surface area (Å²) in [4.78, 5) is 24.1. The van der Waals surface area contributed by atoms with E-state index in [4.69, 9.17) is 0 Å². The number of halogens is 1. The summed E-state index contributed by atoms with van der Waals surface area (Å²) in [6.45, 7) is 2.00. The fourth-order valence-corrected chi connectivity index (χ4v) is 3.03. The molecule has 116 valence electrons. The van der Waals surface area contributed by atoms with Crippen LogP contribution >= 0.6 is 22.6 Å². The molecule has 0 radical (unpaired) electrons. The monoisotopic (exact) mass is 419 g/mol. The lowest BCUT2D eigenvalue weighted by atomic mass is 10.2. The van der Waals surface area contributed by atoms with Crippen molar-refractivity contribution in [2.45, 2.75) is 13.5 Å². The van der Waals surface area contributed by atoms with E-state index in [1.807, 2.05) is 31.2 Å². The molecule has 6 heteroatoms. The zero-order valence-corrected chi connectivity index (χ0v) is 14.6. The Bertz CT molecular complexity index is 950. The van der Waals surface area contributed by atoms with Crippen molar-refractivity contribution in [1.29, 1.82) is 0 Å². The van der Waals surface area contributed by atoms with E-state index in [-0.39, 0.29) is 17.9 Å². The van der Waals surface area contributed by atoms with Crippen molar-refractivity contribution in [3.63, 3.8) is 0 Å². The van der Waals surface area contributed by atoms with Gasteiger partial charge in [-0.15, -0.1) is 0 Å². The number of fused-ring (bicyclic) bond motifs is 1. The Labute approximate surface area is 146 Å². The van der Waals surface area contributed by atoms with Crippen molar-refractivity contribution in [2.75, 3.05) is 5.32 Å². The van der Waals surface area contributed by atoms with Gasteiger partial charge in [0.15, 0.2) is 0 Å². The molecule has 1 N–H and O–H groups in total. The van der Waals surface area contributed by atoms with Crippen LogP contribution in [0, 0.1) is 10.5 Å². The second-order valence-corrected chi connectivity index (χ2v) is 6.44. The fraction of sp³-hybridized carbons (Fsp3) is 0.118. The lowest BCUT2D eigenvalue weighted by Crippen LogP contribution is -2.22. The molecular weight excluding hydrogens is 405 g/mol. The molecule has 0 aliphatic rings. The van der Waals surface area contributed by atoms with E-state index in [2.05, 4.69) is 33.0 Å². The number of rotatable bonds is 3. The van der Waals surface area contributed by atoms with Gasteiger partial charge in [0.2, 0.25) is 11.3 Å². The summed E-state index contributed by atoms with van der Waals surface area (Å²) in [5.74, 6) is -0.185. The van der Waals surface area contributed by atoms with Gasteiger partial charge in [-0.05, 0) is 65.4 Å². The van der Waals surface area contributed by atoms with E-state index in [1.54, 1.807) is 18.2 Å². The lowest BCUT2D eigenvalue weighted by Gasteiger charge is -2.11. The maximum atomic E-state index is 12.3. The third-order valence-electron chi connectivity index (χ3n) is 3.52. The summed E-state index contributed by atoms with van der Waals surface area (Å²) in [5.41, 5.74) is 2.28. The number of benzene rings is 2. The molecule has 3 aromatic rings. The van der Waals surface area contributed by atoms with Crippen molar-refractivity contribution in [2.24, 2.45) is 0 Å². The van der Waals surface area contributed by atoms with Gasteiger partial charge in [0.25, 0.3) is 0 Å². The quantitative estimate of drug-likeness (QED) is 0.665. The van der Waals surface area contributed by atoms with E-state index < -0.39 is 0 Å². The van der Waals surface area contributed by atoms with Crippen LogP contribution in [0.15, 0.2) is 53.5 Å². The fourth-order valence-electron chi connectivity index (χ4n) is 2.38. The molecule has 23 heavy (non-hydrogen) atoms. The van der Waals surface area contributed by atoms with E-state index in [0.29, 0.717) is 10.9 Å². The van der Waals surface area contributed by atoms with Crippen LogP contribution in [0.3, 0.4) is 0 Å². The predicted molar refractivity (Wildman–Crippen MR) is 98.5 cm³/mol. The van der Waals surface area contributed by atoms with Crippen LogP contribution in [0.2, 0.25) is 0 Å². The predicted octanol–water partition coefficient (Wildman–Crippen LogP) is 2.95. The van der Waals surface area contributed by atoms with Gasteiger partial charge in [0, 0.05) is 14.6 Å². The molecule has 5 nitrogen and oxygen atoms in total. The van der Waals surface area contributed by atoms with Gasteiger partial charge in [-0.25, -0.2) is 0 Å². The highest BCUT2D eigenvalue weighted by atomic mass is 127. The molecule has 0 saturated carbocycles. The molecule has 0 saturated heterocycles. The summed E-state index contributed by atoms with van der Waals surface area (Å²) in [6.07, 6.45) is 1.24. The molecule has 0 aliphatic carbocycles. The smallest absolute Gasteiger partial charge is 0.246 e. The molecule has 0 spiro atoms. The zero-order valence-electron chi connectivity index (χ0n) is 12.4. The summed E-state index contributed by atoms with van der Waals surface area (Å²) < 4.78 is 2.65. The third kappa shape index (κ3) is 3.42. The Kier molecular flexibility index (Phi) is 4.42. The molecule has 3 rings (SSSR count). The number of para-hydroxylation sites is 1. The normalized spacial score (nSPS) is 10.7. The van der Waals surface area contributed by atoms with E-state index in [0.717, 1.165) is 14.8 Å². The van der Waals surface area contributed by atoms with Crippen molar-refractivity contribution < 1.29 is 4.79 Å². The number of anilines is 1. The van der Waals surface area contributed by atoms with E-state index in [9.17, 15) is 9.59 Å². The van der Waals surface area contributed by atoms with Gasteiger partial charge in [-0.3, -0.25) is 14.3 Å². The highest BCUT2D eigenvalue weighted by Gasteiger charge is 2.09. The Hall–Kier alpha value is -2.22. The Morgan fingerprint density at radius 1 is 1.26 bits per heavy atom. The SMILES string of the molecule is Cc1cc(I)ccc1NC(=O)Cn1ncc(=O)c2ccccc21. The van der Waals surface area contributed by atoms with E-state index >= 15 is 0 Å². The minimum Gasteiger partial charge on any atom is -0.324 e. The Morgan fingerprint density at radius 3 is 2.83 bits per heavy atom. The Balaban J connectivity index is 1.86. The standard InChI is InChI=1S/C17H14IN3O2/c1-11-8-12(18)6-7-14(11)20-17(23)10-21-15-5-3-2-4-13(15)16(22)9-19-21/h2-9H,10H2,1H3,(H,20,23). The lowest BCUT2D eigenvalue weighted by molar-refractivity contribution is -0.116. The highest BCUT2D eigenvalue weighted by molar-refractivity contribution is 14.1. The number of aryl methyl sites for hydroxylation is 1. The van der Waals surface area contributed by atoms with Crippen LogP contribution in [-0.2, 0) is 11.3 Å². The maximum absolute atomic E-state index is 12.3. The molecular formula is C17H14IN3O2. The largest absolute Gasteiger partial charge is 0.324 e. The number of nitrogens with zero attached hydrogens (tertiary/aromatic N) is 2. The van der Waals surface area contributed by atoms with Gasteiger partial charge in [-0.2, -0.15) is 5.10 Å². The highest BCUT2D eigenvalue weighted by Crippen LogP contribution is 2.18. The summed E-state index contributed by atoms with van der Waals surface area (Å²) in [6, 6.07) is 13.0. The second kappa shape index (κ2) is 6.49. The molecule has 1 amide bonds. The first-order valence-corrected chi connectivity index (χ1v) is 8.13. The first kappa shape index (κ1) is 15.7. The number of nitrogens with one attached hydrogen (secondary N) is 1. The average Bonchev–Trinajstić information content (AvgIpc) is 2.53. The number of amides is 1. The minimum atomic E-state index is -0.185. The molecule has 0 atom stereocenters. The number of hydrogen-bond acceptors (Lipinski definition) is 3. The molecule has 1 aromatic heterocycles. The summed E-state index contributed by atoms with van der Waals surface area (Å²) in [7, 11) is 0. The molecule has 1 heterocycles. The summed E-state index contributed by atoms with van der Waals surface area (Å²) in [5, 5.41) is 7.51. The zero-order chi connectivity index (χ0) is 16.4. The maximum Gasteiger partial charge on any atom is 0.246 e. The summed E-state index contributed by atoms with van der Waals surface area (Å²) >= 11 is 2.23. The van der Waals surface area contributed by atoms with Crippen LogP contribution in [0.1, 0.15) is 5.56 Å². The van der Waals surface area contributed by atoms with Crippen molar-refractivity contribution in [1.82, 2.24) is 9.78 Å². The van der Waals surface area contributed by atoms with Gasteiger partial charge >= 0.3 is 0 Å². The number of carbonyl (C=O) groups excluding carboxylic acids is 1. The van der Waals surface area contributed by atoms with Crippen LogP contribution in [0.5, 0.6) is 0 Å². The average molecular weight is 419 g/mol. The van der Waals surface area contributed by atoms with Crippen LogP contribution < -0.4 is 10.7 Å². The minimum absolute atomic E-state index is 0.0478. The van der Waals surface area contributed by atoms with Crippen LogP contribution in [0.4, 0.5) is 5.69 Å². The molecule has 0 aliphatic heterocycles. The van der Waals surface area contributed by atoms with Crippen LogP contribution in [0.25, 0.3) is 10.9 Å². The van der Waals surface area contributed by atoms with Gasteiger partial charge < -0.3 is 5.32 Å². The molecule has 0 unspecified atom stereocenters. The first-order chi connectivity index (χ1) is 11.0.